The van der Waals surface area contributed by atoms with Crippen molar-refractivity contribution in [1.29, 1.82) is 0 Å². The zero-order chi connectivity index (χ0) is 19.5. The molecule has 0 aromatic heterocycles. The molecule has 3 nitrogen and oxygen atoms in total. The molecule has 1 N–H and O–H groups in total. The molecule has 0 saturated heterocycles. The first-order chi connectivity index (χ1) is 13.6. The SMILES string of the molecule is O=C(Nc1c(C(=O)c2ccccc2F)ccc2ccccc12)c1ccccc1. The van der Waals surface area contributed by atoms with Crippen LogP contribution in [0.1, 0.15) is 26.3 Å². The molecule has 136 valence electrons. The highest BCUT2D eigenvalue weighted by Gasteiger charge is 2.20. The molecule has 0 heterocycles. The predicted octanol–water partition coefficient (Wildman–Crippen LogP) is 5.46. The number of amides is 1. The van der Waals surface area contributed by atoms with Gasteiger partial charge in [0.25, 0.3) is 5.91 Å². The van der Waals surface area contributed by atoms with E-state index in [1.54, 1.807) is 42.5 Å². The second-order valence-electron chi connectivity index (χ2n) is 6.34. The summed E-state index contributed by atoms with van der Waals surface area (Å²) in [5.41, 5.74) is 1.06. The van der Waals surface area contributed by atoms with Crippen LogP contribution >= 0.6 is 0 Å². The zero-order valence-electron chi connectivity index (χ0n) is 14.9. The summed E-state index contributed by atoms with van der Waals surface area (Å²) < 4.78 is 14.2. The predicted molar refractivity (Wildman–Crippen MR) is 108 cm³/mol. The van der Waals surface area contributed by atoms with Crippen LogP contribution in [0.5, 0.6) is 0 Å². The average Bonchev–Trinajstić information content (AvgIpc) is 2.74. The second kappa shape index (κ2) is 7.45. The Bertz CT molecular complexity index is 1190. The zero-order valence-corrected chi connectivity index (χ0v) is 14.9. The molecule has 0 spiro atoms. The van der Waals surface area contributed by atoms with Crippen molar-refractivity contribution in [1.82, 2.24) is 0 Å². The van der Waals surface area contributed by atoms with Crippen LogP contribution in [0.3, 0.4) is 0 Å². The van der Waals surface area contributed by atoms with Crippen molar-refractivity contribution in [3.05, 3.63) is 114 Å². The molecule has 4 aromatic rings. The summed E-state index contributed by atoms with van der Waals surface area (Å²) in [6.07, 6.45) is 0. The van der Waals surface area contributed by atoms with Crippen molar-refractivity contribution in [3.8, 4) is 0 Å². The number of hydrogen-bond donors (Lipinski definition) is 1. The Morgan fingerprint density at radius 2 is 1.36 bits per heavy atom. The molecule has 4 aromatic carbocycles. The summed E-state index contributed by atoms with van der Waals surface area (Å²) in [7, 11) is 0. The van der Waals surface area contributed by atoms with E-state index in [1.807, 2.05) is 30.3 Å². The number of hydrogen-bond acceptors (Lipinski definition) is 2. The lowest BCUT2D eigenvalue weighted by molar-refractivity contribution is 0.102. The Morgan fingerprint density at radius 1 is 0.679 bits per heavy atom. The van der Waals surface area contributed by atoms with Gasteiger partial charge in [0, 0.05) is 16.5 Å². The van der Waals surface area contributed by atoms with E-state index in [1.165, 1.54) is 18.2 Å². The summed E-state index contributed by atoms with van der Waals surface area (Å²) in [6.45, 7) is 0. The van der Waals surface area contributed by atoms with E-state index in [4.69, 9.17) is 0 Å². The van der Waals surface area contributed by atoms with Gasteiger partial charge in [0.1, 0.15) is 5.82 Å². The van der Waals surface area contributed by atoms with Gasteiger partial charge in [0.15, 0.2) is 5.78 Å². The Morgan fingerprint density at radius 3 is 2.14 bits per heavy atom. The van der Waals surface area contributed by atoms with E-state index in [0.717, 1.165) is 5.39 Å². The number of ketones is 1. The highest BCUT2D eigenvalue weighted by atomic mass is 19.1. The van der Waals surface area contributed by atoms with E-state index in [-0.39, 0.29) is 17.0 Å². The van der Waals surface area contributed by atoms with E-state index in [0.29, 0.717) is 16.6 Å². The minimum absolute atomic E-state index is 0.0343. The Labute approximate surface area is 161 Å². The minimum atomic E-state index is -0.596. The first-order valence-corrected chi connectivity index (χ1v) is 8.82. The maximum Gasteiger partial charge on any atom is 0.255 e. The van der Waals surface area contributed by atoms with Crippen LogP contribution in [0, 0.1) is 5.82 Å². The maximum atomic E-state index is 14.2. The number of carbonyl (C=O) groups excluding carboxylic acids is 2. The number of carbonyl (C=O) groups is 2. The molecule has 4 heteroatoms. The fraction of sp³-hybridized carbons (Fsp3) is 0. The van der Waals surface area contributed by atoms with Crippen LogP contribution in [0.4, 0.5) is 10.1 Å². The molecular weight excluding hydrogens is 353 g/mol. The van der Waals surface area contributed by atoms with Gasteiger partial charge >= 0.3 is 0 Å². The van der Waals surface area contributed by atoms with E-state index < -0.39 is 11.6 Å². The first kappa shape index (κ1) is 17.6. The summed E-state index contributed by atoms with van der Waals surface area (Å²) in [6, 6.07) is 25.4. The van der Waals surface area contributed by atoms with Crippen LogP contribution in [0.15, 0.2) is 91.0 Å². The Kier molecular flexibility index (Phi) is 4.68. The molecule has 0 aliphatic heterocycles. The van der Waals surface area contributed by atoms with Gasteiger partial charge in [0.05, 0.1) is 11.3 Å². The van der Waals surface area contributed by atoms with Crippen LogP contribution in [0.25, 0.3) is 10.8 Å². The molecule has 1 amide bonds. The lowest BCUT2D eigenvalue weighted by Crippen LogP contribution is -2.16. The van der Waals surface area contributed by atoms with Gasteiger partial charge in [0.2, 0.25) is 0 Å². The van der Waals surface area contributed by atoms with Gasteiger partial charge in [-0.2, -0.15) is 0 Å². The standard InChI is InChI=1S/C24H16FNO2/c25-21-13-7-6-12-19(21)23(27)20-15-14-16-8-4-5-11-18(16)22(20)26-24(28)17-9-2-1-3-10-17/h1-15H,(H,26,28). The highest BCUT2D eigenvalue weighted by molar-refractivity contribution is 6.20. The maximum absolute atomic E-state index is 14.2. The largest absolute Gasteiger partial charge is 0.321 e. The molecule has 0 aliphatic carbocycles. The fourth-order valence-electron chi connectivity index (χ4n) is 3.16. The smallest absolute Gasteiger partial charge is 0.255 e. The molecular formula is C24H16FNO2. The van der Waals surface area contributed by atoms with Crippen LogP contribution < -0.4 is 5.32 Å². The molecule has 0 atom stereocenters. The molecule has 4 rings (SSSR count). The van der Waals surface area contributed by atoms with Gasteiger partial charge < -0.3 is 5.32 Å². The summed E-state index contributed by atoms with van der Waals surface area (Å²) in [4.78, 5) is 25.8. The lowest BCUT2D eigenvalue weighted by atomic mass is 9.96. The third-order valence-corrected chi connectivity index (χ3v) is 4.57. The number of fused-ring (bicyclic) bond motifs is 1. The number of anilines is 1. The summed E-state index contributed by atoms with van der Waals surface area (Å²) in [5, 5.41) is 4.45. The number of rotatable bonds is 4. The normalized spacial score (nSPS) is 10.6. The number of halogens is 1. The van der Waals surface area contributed by atoms with Gasteiger partial charge in [-0.3, -0.25) is 9.59 Å². The molecule has 0 bridgehead atoms. The topological polar surface area (TPSA) is 46.2 Å². The highest BCUT2D eigenvalue weighted by Crippen LogP contribution is 2.30. The van der Waals surface area contributed by atoms with Crippen molar-refractivity contribution < 1.29 is 14.0 Å². The van der Waals surface area contributed by atoms with Crippen LogP contribution in [0.2, 0.25) is 0 Å². The van der Waals surface area contributed by atoms with Gasteiger partial charge in [-0.05, 0) is 35.7 Å². The van der Waals surface area contributed by atoms with Gasteiger partial charge in [-0.25, -0.2) is 4.39 Å². The quantitative estimate of drug-likeness (QED) is 0.485. The molecule has 0 saturated carbocycles. The van der Waals surface area contributed by atoms with Crippen molar-refractivity contribution in [2.75, 3.05) is 5.32 Å². The molecule has 0 aliphatic rings. The van der Waals surface area contributed by atoms with E-state index in [9.17, 15) is 14.0 Å². The van der Waals surface area contributed by atoms with Crippen molar-refractivity contribution in [2.45, 2.75) is 0 Å². The molecule has 0 radical (unpaired) electrons. The third kappa shape index (κ3) is 3.28. The first-order valence-electron chi connectivity index (χ1n) is 8.82. The molecule has 0 fully saturated rings. The lowest BCUT2D eigenvalue weighted by Gasteiger charge is -2.14. The summed E-state index contributed by atoms with van der Waals surface area (Å²) in [5.74, 6) is -1.41. The monoisotopic (exact) mass is 369 g/mol. The average molecular weight is 369 g/mol. The van der Waals surface area contributed by atoms with Crippen LogP contribution in [-0.2, 0) is 0 Å². The van der Waals surface area contributed by atoms with Crippen molar-refractivity contribution >= 4 is 28.2 Å². The van der Waals surface area contributed by atoms with Crippen molar-refractivity contribution in [3.63, 3.8) is 0 Å². The Hall–Kier alpha value is -3.79. The molecule has 0 unspecified atom stereocenters. The third-order valence-electron chi connectivity index (χ3n) is 4.57. The van der Waals surface area contributed by atoms with E-state index in [2.05, 4.69) is 5.32 Å². The van der Waals surface area contributed by atoms with Gasteiger partial charge in [-0.1, -0.05) is 60.7 Å². The minimum Gasteiger partial charge on any atom is -0.321 e. The van der Waals surface area contributed by atoms with Gasteiger partial charge in [-0.15, -0.1) is 0 Å². The number of benzene rings is 4. The Balaban J connectivity index is 1.85. The van der Waals surface area contributed by atoms with E-state index >= 15 is 0 Å². The van der Waals surface area contributed by atoms with Crippen molar-refractivity contribution in [2.24, 2.45) is 0 Å². The summed E-state index contributed by atoms with van der Waals surface area (Å²) >= 11 is 0. The second-order valence-corrected chi connectivity index (χ2v) is 6.34. The number of nitrogens with one attached hydrogen (secondary N) is 1. The molecule has 28 heavy (non-hydrogen) atoms. The fourth-order valence-corrected chi connectivity index (χ4v) is 3.16. The van der Waals surface area contributed by atoms with Crippen LogP contribution in [-0.4, -0.2) is 11.7 Å².